The van der Waals surface area contributed by atoms with E-state index in [1.54, 1.807) is 26.2 Å². The summed E-state index contributed by atoms with van der Waals surface area (Å²) in [7, 11) is 4.89. The predicted molar refractivity (Wildman–Crippen MR) is 111 cm³/mol. The van der Waals surface area contributed by atoms with Crippen LogP contribution in [0.25, 0.3) is 11.3 Å². The molecule has 0 aliphatic heterocycles. The summed E-state index contributed by atoms with van der Waals surface area (Å²) in [6, 6.07) is 8.89. The Balaban J connectivity index is 1.52. The summed E-state index contributed by atoms with van der Waals surface area (Å²) < 4.78 is 43.0. The highest BCUT2D eigenvalue weighted by Gasteiger charge is 2.15. The second kappa shape index (κ2) is 10.1. The number of aryl methyl sites for hydroxylation is 1. The van der Waals surface area contributed by atoms with Crippen molar-refractivity contribution < 1.29 is 27.5 Å². The minimum absolute atomic E-state index is 0.0619. The molecule has 0 aliphatic rings. The number of carbonyl (C=O) groups is 1. The van der Waals surface area contributed by atoms with Gasteiger partial charge in [0.05, 0.1) is 26.0 Å². The molecule has 0 atom stereocenters. The lowest BCUT2D eigenvalue weighted by atomic mass is 10.1. The summed E-state index contributed by atoms with van der Waals surface area (Å²) in [5.74, 6) is 0.361. The number of hydrogen-bond acceptors (Lipinski definition) is 5. The first kappa shape index (κ1) is 22.3. The van der Waals surface area contributed by atoms with E-state index in [9.17, 15) is 13.6 Å². The van der Waals surface area contributed by atoms with Crippen molar-refractivity contribution in [2.45, 2.75) is 19.3 Å². The van der Waals surface area contributed by atoms with E-state index in [1.165, 1.54) is 12.3 Å². The number of nitrogens with zero attached hydrogens (tertiary/aromatic N) is 2. The highest BCUT2D eigenvalue weighted by molar-refractivity contribution is 5.76. The van der Waals surface area contributed by atoms with Crippen LogP contribution in [-0.2, 0) is 17.6 Å². The number of oxazole rings is 1. The molecule has 0 radical (unpaired) electrons. The van der Waals surface area contributed by atoms with Gasteiger partial charge in [-0.15, -0.1) is 0 Å². The average Bonchev–Trinajstić information content (AvgIpc) is 3.24. The quantitative estimate of drug-likeness (QED) is 0.507. The first-order valence-corrected chi connectivity index (χ1v) is 9.76. The van der Waals surface area contributed by atoms with Gasteiger partial charge in [-0.3, -0.25) is 4.79 Å². The maximum absolute atomic E-state index is 13.9. The standard InChI is InChI=1S/C23H24F2N2O4/c1-27(11-10-15-4-7-19(29-2)20(12-15)30-3)23(28)9-8-22-26-14-21(31-22)17-6-5-16(24)13-18(17)25/h4-7,12-14H,8-11H2,1-3H3. The van der Waals surface area contributed by atoms with Crippen LogP contribution in [0.4, 0.5) is 8.78 Å². The molecule has 3 rings (SSSR count). The molecule has 2 aromatic carbocycles. The van der Waals surface area contributed by atoms with Crippen molar-refractivity contribution in [3.63, 3.8) is 0 Å². The van der Waals surface area contributed by atoms with Gasteiger partial charge in [0.1, 0.15) is 11.6 Å². The van der Waals surface area contributed by atoms with Crippen molar-refractivity contribution in [1.82, 2.24) is 9.88 Å². The van der Waals surface area contributed by atoms with Gasteiger partial charge in [-0.1, -0.05) is 6.07 Å². The van der Waals surface area contributed by atoms with E-state index in [0.717, 1.165) is 17.7 Å². The number of halogens is 2. The minimum Gasteiger partial charge on any atom is -0.493 e. The van der Waals surface area contributed by atoms with Gasteiger partial charge in [0, 0.05) is 32.5 Å². The lowest BCUT2D eigenvalue weighted by Gasteiger charge is -2.17. The van der Waals surface area contributed by atoms with E-state index in [2.05, 4.69) is 4.98 Å². The fraction of sp³-hybridized carbons (Fsp3) is 0.304. The minimum atomic E-state index is -0.728. The Labute approximate surface area is 179 Å². The van der Waals surface area contributed by atoms with Gasteiger partial charge in [0.25, 0.3) is 0 Å². The zero-order chi connectivity index (χ0) is 22.4. The average molecular weight is 430 g/mol. The number of likely N-dealkylation sites (N-methyl/N-ethyl adjacent to an activating group) is 1. The second-order valence-corrected chi connectivity index (χ2v) is 7.00. The molecule has 8 heteroatoms. The lowest BCUT2D eigenvalue weighted by molar-refractivity contribution is -0.129. The van der Waals surface area contributed by atoms with Crippen LogP contribution >= 0.6 is 0 Å². The predicted octanol–water partition coefficient (Wildman–Crippen LogP) is 4.27. The fourth-order valence-corrected chi connectivity index (χ4v) is 3.10. The van der Waals surface area contributed by atoms with Gasteiger partial charge in [-0.05, 0) is 36.2 Å². The van der Waals surface area contributed by atoms with Crippen LogP contribution in [-0.4, -0.2) is 43.6 Å². The third kappa shape index (κ3) is 5.59. The molecular weight excluding hydrogens is 406 g/mol. The van der Waals surface area contributed by atoms with Crippen LogP contribution in [0.5, 0.6) is 11.5 Å². The molecule has 1 aromatic heterocycles. The number of methoxy groups -OCH3 is 2. The van der Waals surface area contributed by atoms with Gasteiger partial charge < -0.3 is 18.8 Å². The van der Waals surface area contributed by atoms with Gasteiger partial charge >= 0.3 is 0 Å². The van der Waals surface area contributed by atoms with Crippen molar-refractivity contribution >= 4 is 5.91 Å². The maximum atomic E-state index is 13.9. The van der Waals surface area contributed by atoms with Crippen LogP contribution in [0.1, 0.15) is 17.9 Å². The zero-order valence-electron chi connectivity index (χ0n) is 17.7. The van der Waals surface area contributed by atoms with Crippen LogP contribution in [0.15, 0.2) is 47.0 Å². The highest BCUT2D eigenvalue weighted by atomic mass is 19.1. The first-order valence-electron chi connectivity index (χ1n) is 9.76. The van der Waals surface area contributed by atoms with Gasteiger partial charge in [0.2, 0.25) is 5.91 Å². The summed E-state index contributed by atoms with van der Waals surface area (Å²) in [5.41, 5.74) is 1.15. The number of ether oxygens (including phenoxy) is 2. The van der Waals surface area contributed by atoms with Gasteiger partial charge in [-0.2, -0.15) is 0 Å². The lowest BCUT2D eigenvalue weighted by Crippen LogP contribution is -2.29. The molecule has 0 unspecified atom stereocenters. The Morgan fingerprint density at radius 3 is 2.55 bits per heavy atom. The number of aromatic nitrogens is 1. The number of carbonyl (C=O) groups excluding carboxylic acids is 1. The van der Waals surface area contributed by atoms with Crippen molar-refractivity contribution in [1.29, 1.82) is 0 Å². The van der Waals surface area contributed by atoms with Gasteiger partial charge in [0.15, 0.2) is 23.1 Å². The molecule has 0 aliphatic carbocycles. The molecule has 31 heavy (non-hydrogen) atoms. The third-order valence-corrected chi connectivity index (χ3v) is 4.91. The van der Waals surface area contributed by atoms with E-state index >= 15 is 0 Å². The third-order valence-electron chi connectivity index (χ3n) is 4.91. The summed E-state index contributed by atoms with van der Waals surface area (Å²) in [4.78, 5) is 18.2. The molecule has 164 valence electrons. The molecule has 0 saturated carbocycles. The molecule has 0 N–H and O–H groups in total. The Bertz CT molecular complexity index is 1050. The molecule has 0 saturated heterocycles. The SMILES string of the molecule is COc1ccc(CCN(C)C(=O)CCc2ncc(-c3ccc(F)cc3F)o2)cc1OC. The van der Waals surface area contributed by atoms with Gasteiger partial charge in [-0.25, -0.2) is 13.8 Å². The van der Waals surface area contributed by atoms with Crippen molar-refractivity contribution in [3.8, 4) is 22.8 Å². The number of hydrogen-bond donors (Lipinski definition) is 0. The number of benzene rings is 2. The Morgan fingerprint density at radius 2 is 1.84 bits per heavy atom. The molecular formula is C23H24F2N2O4. The van der Waals surface area contributed by atoms with Crippen LogP contribution < -0.4 is 9.47 Å². The maximum Gasteiger partial charge on any atom is 0.222 e. The molecule has 1 amide bonds. The van der Waals surface area contributed by atoms with Crippen LogP contribution in [0.3, 0.4) is 0 Å². The molecule has 1 heterocycles. The first-order chi connectivity index (χ1) is 14.9. The molecule has 0 spiro atoms. The fourth-order valence-electron chi connectivity index (χ4n) is 3.10. The van der Waals surface area contributed by atoms with E-state index in [4.69, 9.17) is 13.9 Å². The zero-order valence-corrected chi connectivity index (χ0v) is 17.7. The Kier molecular flexibility index (Phi) is 7.23. The summed E-state index contributed by atoms with van der Waals surface area (Å²) >= 11 is 0. The van der Waals surface area contributed by atoms with Crippen molar-refractivity contribution in [2.24, 2.45) is 0 Å². The summed E-state index contributed by atoms with van der Waals surface area (Å²) in [6.45, 7) is 0.534. The monoisotopic (exact) mass is 430 g/mol. The van der Waals surface area contributed by atoms with E-state index in [1.807, 2.05) is 18.2 Å². The smallest absolute Gasteiger partial charge is 0.222 e. The molecule has 0 bridgehead atoms. The molecule has 0 fully saturated rings. The summed E-state index contributed by atoms with van der Waals surface area (Å²) in [5, 5.41) is 0. The van der Waals surface area contributed by atoms with Crippen molar-refractivity contribution in [3.05, 3.63) is 65.7 Å². The Morgan fingerprint density at radius 1 is 1.06 bits per heavy atom. The van der Waals surface area contributed by atoms with E-state index in [-0.39, 0.29) is 30.1 Å². The largest absolute Gasteiger partial charge is 0.493 e. The molecule has 6 nitrogen and oxygen atoms in total. The van der Waals surface area contributed by atoms with E-state index in [0.29, 0.717) is 30.4 Å². The highest BCUT2D eigenvalue weighted by Crippen LogP contribution is 2.28. The second-order valence-electron chi connectivity index (χ2n) is 7.00. The van der Waals surface area contributed by atoms with Crippen LogP contribution in [0.2, 0.25) is 0 Å². The Hall–Kier alpha value is -3.42. The van der Waals surface area contributed by atoms with E-state index < -0.39 is 11.6 Å². The molecule has 3 aromatic rings. The number of rotatable bonds is 9. The number of amides is 1. The normalized spacial score (nSPS) is 10.7. The van der Waals surface area contributed by atoms with Crippen molar-refractivity contribution in [2.75, 3.05) is 27.8 Å². The summed E-state index contributed by atoms with van der Waals surface area (Å²) in [6.07, 6.45) is 2.52. The van der Waals surface area contributed by atoms with Crippen LogP contribution in [0, 0.1) is 11.6 Å². The topological polar surface area (TPSA) is 64.8 Å².